The molecule has 2 fully saturated rings. The van der Waals surface area contributed by atoms with Crippen LogP contribution in [0.2, 0.25) is 0 Å². The van der Waals surface area contributed by atoms with Crippen LogP contribution in [0.5, 0.6) is 0 Å². The minimum absolute atomic E-state index is 0.215. The SMILES string of the molecule is COC[C@@]12CCC[C@@H]1CN(C(=O)CCN)C2. The summed E-state index contributed by atoms with van der Waals surface area (Å²) in [5.74, 6) is 0.863. The molecule has 4 nitrogen and oxygen atoms in total. The van der Waals surface area contributed by atoms with Crippen molar-refractivity contribution in [2.24, 2.45) is 17.1 Å². The lowest BCUT2D eigenvalue weighted by molar-refractivity contribution is -0.130. The molecule has 1 aliphatic heterocycles. The number of hydrogen-bond donors (Lipinski definition) is 1. The van der Waals surface area contributed by atoms with Crippen molar-refractivity contribution in [2.45, 2.75) is 25.7 Å². The highest BCUT2D eigenvalue weighted by molar-refractivity contribution is 5.76. The van der Waals surface area contributed by atoms with Crippen LogP contribution in [0.25, 0.3) is 0 Å². The number of hydrogen-bond acceptors (Lipinski definition) is 3. The van der Waals surface area contributed by atoms with E-state index in [0.717, 1.165) is 19.7 Å². The monoisotopic (exact) mass is 226 g/mol. The van der Waals surface area contributed by atoms with Gasteiger partial charge in [0.2, 0.25) is 5.91 Å². The number of nitrogens with two attached hydrogens (primary N) is 1. The van der Waals surface area contributed by atoms with Gasteiger partial charge in [0.25, 0.3) is 0 Å². The number of ether oxygens (including phenoxy) is 1. The second-order valence-electron chi connectivity index (χ2n) is 5.20. The molecule has 1 saturated carbocycles. The Kier molecular flexibility index (Phi) is 3.50. The van der Waals surface area contributed by atoms with Gasteiger partial charge in [-0.2, -0.15) is 0 Å². The Morgan fingerprint density at radius 2 is 2.44 bits per heavy atom. The van der Waals surface area contributed by atoms with Gasteiger partial charge in [-0.3, -0.25) is 4.79 Å². The summed E-state index contributed by atoms with van der Waals surface area (Å²) < 4.78 is 5.36. The molecule has 4 heteroatoms. The first-order valence-electron chi connectivity index (χ1n) is 6.18. The van der Waals surface area contributed by atoms with Gasteiger partial charge in [0.1, 0.15) is 0 Å². The van der Waals surface area contributed by atoms with Gasteiger partial charge in [0.15, 0.2) is 0 Å². The number of rotatable bonds is 4. The first kappa shape index (κ1) is 11.9. The van der Waals surface area contributed by atoms with Gasteiger partial charge in [0, 0.05) is 38.6 Å². The third-order valence-electron chi connectivity index (χ3n) is 4.18. The molecule has 0 unspecified atom stereocenters. The van der Waals surface area contributed by atoms with Gasteiger partial charge in [0.05, 0.1) is 6.61 Å². The summed E-state index contributed by atoms with van der Waals surface area (Å²) in [4.78, 5) is 13.8. The lowest BCUT2D eigenvalue weighted by Crippen LogP contribution is -2.35. The summed E-state index contributed by atoms with van der Waals surface area (Å²) in [5, 5.41) is 0. The predicted octanol–water partition coefficient (Wildman–Crippen LogP) is 0.610. The van der Waals surface area contributed by atoms with Crippen LogP contribution in [-0.4, -0.2) is 44.2 Å². The normalized spacial score (nSPS) is 33.1. The molecule has 2 rings (SSSR count). The maximum atomic E-state index is 11.8. The van der Waals surface area contributed by atoms with E-state index in [9.17, 15) is 4.79 Å². The second-order valence-corrected chi connectivity index (χ2v) is 5.20. The van der Waals surface area contributed by atoms with Crippen LogP contribution in [0.15, 0.2) is 0 Å². The van der Waals surface area contributed by atoms with Gasteiger partial charge in [-0.1, -0.05) is 6.42 Å². The lowest BCUT2D eigenvalue weighted by Gasteiger charge is -2.27. The van der Waals surface area contributed by atoms with Gasteiger partial charge in [-0.25, -0.2) is 0 Å². The molecular formula is C12H22N2O2. The van der Waals surface area contributed by atoms with Crippen molar-refractivity contribution in [1.82, 2.24) is 4.90 Å². The van der Waals surface area contributed by atoms with Crippen LogP contribution in [-0.2, 0) is 9.53 Å². The Balaban J connectivity index is 2.01. The third-order valence-corrected chi connectivity index (χ3v) is 4.18. The van der Waals surface area contributed by atoms with E-state index < -0.39 is 0 Å². The van der Waals surface area contributed by atoms with Crippen LogP contribution < -0.4 is 5.73 Å². The van der Waals surface area contributed by atoms with E-state index in [2.05, 4.69) is 0 Å². The number of nitrogens with zero attached hydrogens (tertiary/aromatic N) is 1. The quantitative estimate of drug-likeness (QED) is 0.764. The molecule has 2 aliphatic rings. The smallest absolute Gasteiger partial charge is 0.223 e. The first-order chi connectivity index (χ1) is 7.72. The molecule has 0 radical (unpaired) electrons. The first-order valence-corrected chi connectivity index (χ1v) is 6.18. The van der Waals surface area contributed by atoms with Crippen LogP contribution >= 0.6 is 0 Å². The summed E-state index contributed by atoms with van der Waals surface area (Å²) >= 11 is 0. The predicted molar refractivity (Wildman–Crippen MR) is 61.9 cm³/mol. The number of amides is 1. The molecule has 92 valence electrons. The molecular weight excluding hydrogens is 204 g/mol. The molecule has 0 aromatic heterocycles. The van der Waals surface area contributed by atoms with Crippen molar-refractivity contribution in [2.75, 3.05) is 33.4 Å². The van der Waals surface area contributed by atoms with Gasteiger partial charge < -0.3 is 15.4 Å². The largest absolute Gasteiger partial charge is 0.384 e. The van der Waals surface area contributed by atoms with Gasteiger partial charge in [-0.05, 0) is 18.8 Å². The Morgan fingerprint density at radius 1 is 1.62 bits per heavy atom. The molecule has 0 aromatic rings. The van der Waals surface area contributed by atoms with E-state index in [1.807, 2.05) is 4.90 Å². The molecule has 0 spiro atoms. The fraction of sp³-hybridized carbons (Fsp3) is 0.917. The Morgan fingerprint density at radius 3 is 3.12 bits per heavy atom. The zero-order valence-electron chi connectivity index (χ0n) is 10.1. The zero-order valence-corrected chi connectivity index (χ0v) is 10.1. The third kappa shape index (κ3) is 1.96. The Labute approximate surface area is 97.1 Å². The van der Waals surface area contributed by atoms with E-state index in [1.165, 1.54) is 19.3 Å². The maximum Gasteiger partial charge on any atom is 0.223 e. The van der Waals surface area contributed by atoms with E-state index in [1.54, 1.807) is 7.11 Å². The molecule has 0 bridgehead atoms. The van der Waals surface area contributed by atoms with Crippen molar-refractivity contribution in [1.29, 1.82) is 0 Å². The molecule has 1 saturated heterocycles. The van der Waals surface area contributed by atoms with Gasteiger partial charge in [-0.15, -0.1) is 0 Å². The van der Waals surface area contributed by atoms with Crippen LogP contribution in [0.4, 0.5) is 0 Å². The van der Waals surface area contributed by atoms with Crippen molar-refractivity contribution in [3.63, 3.8) is 0 Å². The topological polar surface area (TPSA) is 55.6 Å². The van der Waals surface area contributed by atoms with E-state index in [0.29, 0.717) is 18.9 Å². The number of likely N-dealkylation sites (tertiary alicyclic amines) is 1. The Bertz CT molecular complexity index is 270. The van der Waals surface area contributed by atoms with Crippen molar-refractivity contribution < 1.29 is 9.53 Å². The molecule has 2 atom stereocenters. The average molecular weight is 226 g/mol. The highest BCUT2D eigenvalue weighted by atomic mass is 16.5. The van der Waals surface area contributed by atoms with Crippen molar-refractivity contribution in [3.05, 3.63) is 0 Å². The summed E-state index contributed by atoms with van der Waals surface area (Å²) in [6, 6.07) is 0. The summed E-state index contributed by atoms with van der Waals surface area (Å²) in [6.07, 6.45) is 4.22. The summed E-state index contributed by atoms with van der Waals surface area (Å²) in [7, 11) is 1.76. The highest BCUT2D eigenvalue weighted by Crippen LogP contribution is 2.48. The van der Waals surface area contributed by atoms with Crippen molar-refractivity contribution >= 4 is 5.91 Å². The standard InChI is InChI=1S/C12H22N2O2/c1-16-9-12-5-2-3-10(12)7-14(8-12)11(15)4-6-13/h10H,2-9,13H2,1H3/t10-,12+/m1/s1. The minimum atomic E-state index is 0.215. The minimum Gasteiger partial charge on any atom is -0.384 e. The van der Waals surface area contributed by atoms with Crippen LogP contribution in [0.3, 0.4) is 0 Å². The molecule has 1 aliphatic carbocycles. The van der Waals surface area contributed by atoms with E-state index >= 15 is 0 Å². The van der Waals surface area contributed by atoms with E-state index in [4.69, 9.17) is 10.5 Å². The molecule has 0 aromatic carbocycles. The average Bonchev–Trinajstić information content (AvgIpc) is 2.74. The number of carbonyl (C=O) groups excluding carboxylic acids is 1. The Hall–Kier alpha value is -0.610. The number of methoxy groups -OCH3 is 1. The molecule has 1 heterocycles. The van der Waals surface area contributed by atoms with Gasteiger partial charge >= 0.3 is 0 Å². The fourth-order valence-corrected chi connectivity index (χ4v) is 3.41. The van der Waals surface area contributed by atoms with Crippen molar-refractivity contribution in [3.8, 4) is 0 Å². The number of fused-ring (bicyclic) bond motifs is 1. The summed E-state index contributed by atoms with van der Waals surface area (Å²) in [5.41, 5.74) is 5.68. The highest BCUT2D eigenvalue weighted by Gasteiger charge is 2.50. The van der Waals surface area contributed by atoms with E-state index in [-0.39, 0.29) is 11.3 Å². The van der Waals surface area contributed by atoms with Crippen LogP contribution in [0.1, 0.15) is 25.7 Å². The maximum absolute atomic E-state index is 11.8. The summed E-state index contributed by atoms with van der Waals surface area (Å²) in [6.45, 7) is 3.05. The zero-order chi connectivity index (χ0) is 11.6. The second kappa shape index (κ2) is 4.72. The molecule has 16 heavy (non-hydrogen) atoms. The fourth-order valence-electron chi connectivity index (χ4n) is 3.41. The van der Waals surface area contributed by atoms with Crippen LogP contribution in [0, 0.1) is 11.3 Å². The molecule has 1 amide bonds. The lowest BCUT2D eigenvalue weighted by atomic mass is 9.82. The number of carbonyl (C=O) groups is 1. The molecule has 2 N–H and O–H groups in total.